The molecule has 1 saturated heterocycles. The summed E-state index contributed by atoms with van der Waals surface area (Å²) in [5.74, 6) is 0.682. The van der Waals surface area contributed by atoms with Gasteiger partial charge in [0.2, 0.25) is 0 Å². The fourth-order valence-corrected chi connectivity index (χ4v) is 3.42. The molecular weight excluding hydrogens is 388 g/mol. The van der Waals surface area contributed by atoms with Crippen molar-refractivity contribution in [3.63, 3.8) is 0 Å². The van der Waals surface area contributed by atoms with Crippen molar-refractivity contribution in [3.8, 4) is 11.5 Å². The van der Waals surface area contributed by atoms with Crippen molar-refractivity contribution in [2.24, 2.45) is 0 Å². The maximum Gasteiger partial charge on any atom is 0.261 e. The van der Waals surface area contributed by atoms with E-state index in [1.54, 1.807) is 25.3 Å². The minimum Gasteiger partial charge on any atom is -0.497 e. The van der Waals surface area contributed by atoms with Gasteiger partial charge in [-0.05, 0) is 43.5 Å². The molecule has 0 unspecified atom stereocenters. The smallest absolute Gasteiger partial charge is 0.261 e. The molecule has 154 valence electrons. The van der Waals surface area contributed by atoms with Crippen LogP contribution in [0.15, 0.2) is 42.5 Å². The van der Waals surface area contributed by atoms with E-state index in [2.05, 4.69) is 33.5 Å². The van der Waals surface area contributed by atoms with Crippen LogP contribution in [0.4, 0.5) is 11.4 Å². The van der Waals surface area contributed by atoms with Crippen LogP contribution in [0.2, 0.25) is 0 Å². The van der Waals surface area contributed by atoms with Crippen LogP contribution >= 0.6 is 12.2 Å². The second kappa shape index (κ2) is 9.58. The number of carbonyl (C=O) groups excluding carboxylic acids is 1. The number of piperazine rings is 1. The van der Waals surface area contributed by atoms with Gasteiger partial charge in [-0.3, -0.25) is 10.1 Å². The van der Waals surface area contributed by atoms with Gasteiger partial charge >= 0.3 is 0 Å². The summed E-state index contributed by atoms with van der Waals surface area (Å²) in [7, 11) is 5.19. The Morgan fingerprint density at radius 3 is 2.45 bits per heavy atom. The van der Waals surface area contributed by atoms with Gasteiger partial charge in [0.1, 0.15) is 11.5 Å². The van der Waals surface area contributed by atoms with Crippen LogP contribution in [0.1, 0.15) is 10.4 Å². The van der Waals surface area contributed by atoms with E-state index in [1.165, 1.54) is 7.11 Å². The Balaban J connectivity index is 1.69. The van der Waals surface area contributed by atoms with Crippen molar-refractivity contribution >= 4 is 34.6 Å². The molecule has 0 bridgehead atoms. The van der Waals surface area contributed by atoms with Gasteiger partial charge in [0.05, 0.1) is 31.2 Å². The first-order valence-electron chi connectivity index (χ1n) is 9.38. The summed E-state index contributed by atoms with van der Waals surface area (Å²) in [6, 6.07) is 13.0. The standard InChI is InChI=1S/C21H26N4O3S/c1-24-10-12-25(13-11-24)18-7-5-4-6-17(18)22-21(29)23-20(26)16-9-8-15(27-2)14-19(16)28-3/h4-9,14H,10-13H2,1-3H3,(H2,22,23,26,29). The average Bonchev–Trinajstić information content (AvgIpc) is 2.74. The lowest BCUT2D eigenvalue weighted by atomic mass is 10.2. The number of nitrogens with zero attached hydrogens (tertiary/aromatic N) is 2. The van der Waals surface area contributed by atoms with E-state index < -0.39 is 0 Å². The van der Waals surface area contributed by atoms with Crippen LogP contribution in [0, 0.1) is 0 Å². The summed E-state index contributed by atoms with van der Waals surface area (Å²) < 4.78 is 10.5. The Bertz CT molecular complexity index is 882. The fourth-order valence-electron chi connectivity index (χ4n) is 3.21. The minimum absolute atomic E-state index is 0.231. The van der Waals surface area contributed by atoms with Crippen LogP contribution < -0.4 is 25.0 Å². The Labute approximate surface area is 176 Å². The molecule has 2 N–H and O–H groups in total. The van der Waals surface area contributed by atoms with E-state index in [4.69, 9.17) is 21.7 Å². The Hall–Kier alpha value is -2.84. The van der Waals surface area contributed by atoms with E-state index in [1.807, 2.05) is 18.2 Å². The molecule has 1 aliphatic rings. The number of thiocarbonyl (C=S) groups is 1. The van der Waals surface area contributed by atoms with Crippen molar-refractivity contribution in [3.05, 3.63) is 48.0 Å². The quantitative estimate of drug-likeness (QED) is 0.729. The van der Waals surface area contributed by atoms with Gasteiger partial charge in [0.15, 0.2) is 5.11 Å². The lowest BCUT2D eigenvalue weighted by Crippen LogP contribution is -2.45. The monoisotopic (exact) mass is 414 g/mol. The number of hydrogen-bond acceptors (Lipinski definition) is 6. The second-order valence-electron chi connectivity index (χ2n) is 6.78. The summed E-state index contributed by atoms with van der Waals surface area (Å²) in [6.45, 7) is 3.90. The molecule has 1 fully saturated rings. The summed E-state index contributed by atoms with van der Waals surface area (Å²) >= 11 is 5.38. The molecule has 0 saturated carbocycles. The number of likely N-dealkylation sites (N-methyl/N-ethyl adjacent to an activating group) is 1. The highest BCUT2D eigenvalue weighted by atomic mass is 32.1. The first-order chi connectivity index (χ1) is 14.0. The SMILES string of the molecule is COc1ccc(C(=O)NC(=S)Nc2ccccc2N2CCN(C)CC2)c(OC)c1. The zero-order valence-corrected chi connectivity index (χ0v) is 17.7. The van der Waals surface area contributed by atoms with Gasteiger partial charge in [0.25, 0.3) is 5.91 Å². The Morgan fingerprint density at radius 1 is 1.03 bits per heavy atom. The molecule has 0 aromatic heterocycles. The summed E-state index contributed by atoms with van der Waals surface area (Å²) in [6.07, 6.45) is 0. The number of methoxy groups -OCH3 is 2. The Kier molecular flexibility index (Phi) is 6.90. The highest BCUT2D eigenvalue weighted by molar-refractivity contribution is 7.80. The maximum absolute atomic E-state index is 12.7. The zero-order valence-electron chi connectivity index (χ0n) is 16.9. The summed E-state index contributed by atoms with van der Waals surface area (Å²) in [4.78, 5) is 17.3. The molecule has 2 aromatic carbocycles. The van der Waals surface area contributed by atoms with Gasteiger partial charge in [-0.15, -0.1) is 0 Å². The molecule has 0 spiro atoms. The largest absolute Gasteiger partial charge is 0.497 e. The number of carbonyl (C=O) groups is 1. The number of ether oxygens (including phenoxy) is 2. The van der Waals surface area contributed by atoms with Gasteiger partial charge < -0.3 is 24.6 Å². The van der Waals surface area contributed by atoms with Gasteiger partial charge in [0, 0.05) is 32.2 Å². The van der Waals surface area contributed by atoms with Crippen molar-refractivity contribution in [1.29, 1.82) is 0 Å². The number of benzene rings is 2. The first-order valence-corrected chi connectivity index (χ1v) is 9.79. The number of anilines is 2. The van der Waals surface area contributed by atoms with Crippen molar-refractivity contribution in [2.75, 3.05) is 57.7 Å². The molecule has 2 aromatic rings. The predicted molar refractivity (Wildman–Crippen MR) is 119 cm³/mol. The molecule has 7 nitrogen and oxygen atoms in total. The second-order valence-corrected chi connectivity index (χ2v) is 7.19. The maximum atomic E-state index is 12.7. The Morgan fingerprint density at radius 2 is 1.76 bits per heavy atom. The van der Waals surface area contributed by atoms with Crippen LogP contribution in [-0.4, -0.2) is 63.4 Å². The summed E-state index contributed by atoms with van der Waals surface area (Å²) in [5.41, 5.74) is 2.31. The molecule has 3 rings (SSSR count). The molecule has 29 heavy (non-hydrogen) atoms. The lowest BCUT2D eigenvalue weighted by molar-refractivity contribution is 0.0974. The van der Waals surface area contributed by atoms with E-state index in [0.29, 0.717) is 17.1 Å². The van der Waals surface area contributed by atoms with Crippen molar-refractivity contribution in [1.82, 2.24) is 10.2 Å². The molecule has 8 heteroatoms. The molecule has 0 atom stereocenters. The highest BCUT2D eigenvalue weighted by Crippen LogP contribution is 2.27. The average molecular weight is 415 g/mol. The van der Waals surface area contributed by atoms with E-state index in [0.717, 1.165) is 37.6 Å². The molecule has 0 aliphatic carbocycles. The third-order valence-electron chi connectivity index (χ3n) is 4.88. The van der Waals surface area contributed by atoms with E-state index in [9.17, 15) is 4.79 Å². The minimum atomic E-state index is -0.348. The third-order valence-corrected chi connectivity index (χ3v) is 5.08. The number of rotatable bonds is 5. The third kappa shape index (κ3) is 5.16. The van der Waals surface area contributed by atoms with Gasteiger partial charge in [-0.25, -0.2) is 0 Å². The van der Waals surface area contributed by atoms with Crippen molar-refractivity contribution < 1.29 is 14.3 Å². The lowest BCUT2D eigenvalue weighted by Gasteiger charge is -2.35. The number of nitrogens with one attached hydrogen (secondary N) is 2. The molecular formula is C21H26N4O3S. The highest BCUT2D eigenvalue weighted by Gasteiger charge is 2.18. The van der Waals surface area contributed by atoms with Gasteiger partial charge in [-0.1, -0.05) is 12.1 Å². The summed E-state index contributed by atoms with van der Waals surface area (Å²) in [5, 5.41) is 6.12. The van der Waals surface area contributed by atoms with Crippen LogP contribution in [0.3, 0.4) is 0 Å². The number of hydrogen-bond donors (Lipinski definition) is 2. The number of amides is 1. The van der Waals surface area contributed by atoms with Crippen molar-refractivity contribution in [2.45, 2.75) is 0 Å². The molecule has 1 heterocycles. The zero-order chi connectivity index (χ0) is 20.8. The fraction of sp³-hybridized carbons (Fsp3) is 0.333. The van der Waals surface area contributed by atoms with Crippen LogP contribution in [-0.2, 0) is 0 Å². The van der Waals surface area contributed by atoms with Gasteiger partial charge in [-0.2, -0.15) is 0 Å². The topological polar surface area (TPSA) is 66.1 Å². The van der Waals surface area contributed by atoms with E-state index in [-0.39, 0.29) is 11.0 Å². The van der Waals surface area contributed by atoms with Crippen LogP contribution in [0.5, 0.6) is 11.5 Å². The molecule has 1 amide bonds. The normalized spacial score (nSPS) is 14.2. The van der Waals surface area contributed by atoms with Crippen LogP contribution in [0.25, 0.3) is 0 Å². The molecule has 1 aliphatic heterocycles. The molecule has 0 radical (unpaired) electrons. The van der Waals surface area contributed by atoms with E-state index >= 15 is 0 Å². The first kappa shape index (κ1) is 20.9. The number of para-hydroxylation sites is 2. The predicted octanol–water partition coefficient (Wildman–Crippen LogP) is 2.58.